The number of benzene rings is 1. The number of hydrogen-bond acceptors (Lipinski definition) is 6. The van der Waals surface area contributed by atoms with Gasteiger partial charge in [-0.05, 0) is 50.7 Å². The molecule has 0 bridgehead atoms. The number of nitrogens with zero attached hydrogens (tertiary/aromatic N) is 5. The summed E-state index contributed by atoms with van der Waals surface area (Å²) in [6, 6.07) is 9.69. The van der Waals surface area contributed by atoms with Gasteiger partial charge in [-0.15, -0.1) is 0 Å². The molecule has 1 aromatic carbocycles. The van der Waals surface area contributed by atoms with Crippen LogP contribution in [-0.4, -0.2) is 43.8 Å². The number of anilines is 2. The Labute approximate surface area is 183 Å². The fraction of sp³-hybridized carbons (Fsp3) is 0.217. The van der Waals surface area contributed by atoms with Gasteiger partial charge in [0, 0.05) is 24.2 Å². The molecule has 162 valence electrons. The SMILES string of the molecule is CN1CCC[C@H]1c1nc(-c2ccc(C(=O)Nc3ccccn3)c(F)c2)c2c(N)nccn12. The normalized spacial score (nSPS) is 16.5. The zero-order valence-electron chi connectivity index (χ0n) is 17.5. The second kappa shape index (κ2) is 8.01. The van der Waals surface area contributed by atoms with Crippen LogP contribution in [-0.2, 0) is 0 Å². The van der Waals surface area contributed by atoms with Crippen molar-refractivity contribution in [3.05, 3.63) is 72.2 Å². The number of nitrogen functional groups attached to an aromatic ring is 1. The Hall–Kier alpha value is -3.85. The third-order valence-corrected chi connectivity index (χ3v) is 5.82. The van der Waals surface area contributed by atoms with Crippen LogP contribution in [0.15, 0.2) is 55.0 Å². The molecule has 1 amide bonds. The highest BCUT2D eigenvalue weighted by Crippen LogP contribution is 2.35. The van der Waals surface area contributed by atoms with Crippen LogP contribution in [0.4, 0.5) is 16.0 Å². The van der Waals surface area contributed by atoms with Gasteiger partial charge < -0.3 is 11.1 Å². The number of fused-ring (bicyclic) bond motifs is 1. The van der Waals surface area contributed by atoms with Gasteiger partial charge in [0.2, 0.25) is 0 Å². The van der Waals surface area contributed by atoms with E-state index in [1.165, 1.54) is 12.1 Å². The van der Waals surface area contributed by atoms with E-state index in [-0.39, 0.29) is 11.6 Å². The van der Waals surface area contributed by atoms with Crippen LogP contribution in [0.1, 0.15) is 35.1 Å². The summed E-state index contributed by atoms with van der Waals surface area (Å²) < 4.78 is 16.9. The van der Waals surface area contributed by atoms with Gasteiger partial charge in [0.15, 0.2) is 0 Å². The van der Waals surface area contributed by atoms with E-state index >= 15 is 0 Å². The van der Waals surface area contributed by atoms with Crippen LogP contribution < -0.4 is 11.1 Å². The van der Waals surface area contributed by atoms with E-state index in [4.69, 9.17) is 10.7 Å². The summed E-state index contributed by atoms with van der Waals surface area (Å²) in [5, 5.41) is 2.60. The zero-order valence-corrected chi connectivity index (χ0v) is 17.5. The average molecular weight is 431 g/mol. The second-order valence-electron chi connectivity index (χ2n) is 7.85. The maximum absolute atomic E-state index is 15.0. The number of rotatable bonds is 4. The summed E-state index contributed by atoms with van der Waals surface area (Å²) in [5.74, 6) is 0.294. The molecule has 3 N–H and O–H groups in total. The number of amides is 1. The molecule has 0 aliphatic carbocycles. The minimum atomic E-state index is -0.654. The fourth-order valence-electron chi connectivity index (χ4n) is 4.23. The van der Waals surface area contributed by atoms with Crippen LogP contribution >= 0.6 is 0 Å². The molecule has 1 aliphatic heterocycles. The lowest BCUT2D eigenvalue weighted by Crippen LogP contribution is -2.19. The molecule has 1 fully saturated rings. The van der Waals surface area contributed by atoms with Crippen molar-refractivity contribution in [3.8, 4) is 11.3 Å². The fourth-order valence-corrected chi connectivity index (χ4v) is 4.23. The lowest BCUT2D eigenvalue weighted by molar-refractivity contribution is 0.102. The van der Waals surface area contributed by atoms with Gasteiger partial charge in [-0.1, -0.05) is 12.1 Å². The first-order chi connectivity index (χ1) is 15.5. The van der Waals surface area contributed by atoms with Gasteiger partial charge >= 0.3 is 0 Å². The van der Waals surface area contributed by atoms with Crippen molar-refractivity contribution in [2.75, 3.05) is 24.6 Å². The first-order valence-corrected chi connectivity index (χ1v) is 10.4. The quantitative estimate of drug-likeness (QED) is 0.513. The number of pyridine rings is 1. The Kier molecular flexibility index (Phi) is 5.02. The molecule has 0 unspecified atom stereocenters. The van der Waals surface area contributed by atoms with Crippen LogP contribution in [0.25, 0.3) is 16.8 Å². The lowest BCUT2D eigenvalue weighted by Gasteiger charge is -2.18. The molecule has 1 saturated heterocycles. The third kappa shape index (κ3) is 3.46. The molecule has 4 heterocycles. The van der Waals surface area contributed by atoms with Gasteiger partial charge in [0.25, 0.3) is 5.91 Å². The minimum Gasteiger partial charge on any atom is -0.382 e. The van der Waals surface area contributed by atoms with Gasteiger partial charge in [-0.3, -0.25) is 14.1 Å². The lowest BCUT2D eigenvalue weighted by atomic mass is 10.1. The molecule has 1 atom stereocenters. The number of likely N-dealkylation sites (tertiary alicyclic amines) is 1. The van der Waals surface area contributed by atoms with Crippen LogP contribution in [0, 0.1) is 5.82 Å². The van der Waals surface area contributed by atoms with E-state index in [0.717, 1.165) is 25.2 Å². The molecule has 9 heteroatoms. The van der Waals surface area contributed by atoms with Crippen molar-refractivity contribution < 1.29 is 9.18 Å². The summed E-state index contributed by atoms with van der Waals surface area (Å²) in [4.78, 5) is 27.9. The predicted octanol–water partition coefficient (Wildman–Crippen LogP) is 3.53. The van der Waals surface area contributed by atoms with E-state index in [1.54, 1.807) is 36.7 Å². The highest BCUT2D eigenvalue weighted by molar-refractivity contribution is 6.04. The average Bonchev–Trinajstić information content (AvgIpc) is 3.38. The van der Waals surface area contributed by atoms with Crippen molar-refractivity contribution in [3.63, 3.8) is 0 Å². The van der Waals surface area contributed by atoms with Crippen molar-refractivity contribution in [2.24, 2.45) is 0 Å². The number of hydrogen-bond donors (Lipinski definition) is 2. The summed E-state index contributed by atoms with van der Waals surface area (Å²) in [7, 11) is 2.07. The molecular formula is C23H22FN7O. The van der Waals surface area contributed by atoms with Crippen LogP contribution in [0.2, 0.25) is 0 Å². The standard InChI is InChI=1S/C23H22FN7O/c1-30-11-4-5-17(30)22-29-19(20-21(25)27-10-12-31(20)22)14-7-8-15(16(24)13-14)23(32)28-18-6-2-3-9-26-18/h2-3,6-10,12-13,17H,4-5,11H2,1H3,(H2,25,27)(H,26,28,32)/t17-/m0/s1. The van der Waals surface area contributed by atoms with Gasteiger partial charge in [-0.2, -0.15) is 0 Å². The topological polar surface area (TPSA) is 101 Å². The van der Waals surface area contributed by atoms with E-state index in [0.29, 0.717) is 28.4 Å². The van der Waals surface area contributed by atoms with E-state index in [9.17, 15) is 9.18 Å². The Morgan fingerprint density at radius 2 is 2.09 bits per heavy atom. The van der Waals surface area contributed by atoms with Crippen molar-refractivity contribution in [1.82, 2.24) is 24.3 Å². The first kappa shape index (κ1) is 20.1. The van der Waals surface area contributed by atoms with Crippen molar-refractivity contribution in [2.45, 2.75) is 18.9 Å². The number of nitrogens with two attached hydrogens (primary N) is 1. The summed E-state index contributed by atoms with van der Waals surface area (Å²) in [5.41, 5.74) is 7.82. The van der Waals surface area contributed by atoms with E-state index in [2.05, 4.69) is 27.2 Å². The van der Waals surface area contributed by atoms with E-state index < -0.39 is 11.7 Å². The molecule has 5 rings (SSSR count). The van der Waals surface area contributed by atoms with Gasteiger partial charge in [-0.25, -0.2) is 19.3 Å². The molecule has 0 radical (unpaired) electrons. The first-order valence-electron chi connectivity index (χ1n) is 10.4. The third-order valence-electron chi connectivity index (χ3n) is 5.82. The number of carbonyl (C=O) groups is 1. The predicted molar refractivity (Wildman–Crippen MR) is 120 cm³/mol. The molecule has 1 aliphatic rings. The maximum Gasteiger partial charge on any atom is 0.259 e. The smallest absolute Gasteiger partial charge is 0.259 e. The summed E-state index contributed by atoms with van der Waals surface area (Å²) >= 11 is 0. The summed E-state index contributed by atoms with van der Waals surface area (Å²) in [6.07, 6.45) is 7.09. The molecule has 0 spiro atoms. The van der Waals surface area contributed by atoms with E-state index in [1.807, 2.05) is 10.6 Å². The number of halogens is 1. The number of nitrogens with one attached hydrogen (secondary N) is 1. The Bertz CT molecular complexity index is 1300. The molecule has 32 heavy (non-hydrogen) atoms. The van der Waals surface area contributed by atoms with Gasteiger partial charge in [0.05, 0.1) is 11.6 Å². The Balaban J connectivity index is 1.54. The Morgan fingerprint density at radius 1 is 1.22 bits per heavy atom. The highest BCUT2D eigenvalue weighted by atomic mass is 19.1. The molecule has 3 aromatic heterocycles. The highest BCUT2D eigenvalue weighted by Gasteiger charge is 2.29. The Morgan fingerprint density at radius 3 is 2.81 bits per heavy atom. The largest absolute Gasteiger partial charge is 0.382 e. The number of carbonyl (C=O) groups excluding carboxylic acids is 1. The molecular weight excluding hydrogens is 409 g/mol. The molecule has 4 aromatic rings. The second-order valence-corrected chi connectivity index (χ2v) is 7.85. The number of imidazole rings is 1. The summed E-state index contributed by atoms with van der Waals surface area (Å²) in [6.45, 7) is 0.990. The monoisotopic (exact) mass is 431 g/mol. The molecule has 0 saturated carbocycles. The zero-order chi connectivity index (χ0) is 22.2. The van der Waals surface area contributed by atoms with Crippen LogP contribution in [0.5, 0.6) is 0 Å². The number of aromatic nitrogens is 4. The van der Waals surface area contributed by atoms with Gasteiger partial charge in [0.1, 0.15) is 34.5 Å². The van der Waals surface area contributed by atoms with Crippen molar-refractivity contribution in [1.29, 1.82) is 0 Å². The van der Waals surface area contributed by atoms with Crippen molar-refractivity contribution >= 4 is 23.1 Å². The minimum absolute atomic E-state index is 0.0789. The molecule has 8 nitrogen and oxygen atoms in total. The maximum atomic E-state index is 15.0. The van der Waals surface area contributed by atoms with Crippen LogP contribution in [0.3, 0.4) is 0 Å².